The number of hydrogen-bond acceptors (Lipinski definition) is 6. The van der Waals surface area contributed by atoms with Crippen LogP contribution in [0.15, 0.2) is 36.4 Å². The lowest BCUT2D eigenvalue weighted by atomic mass is 9.85. The number of aromatic nitrogens is 3. The molecule has 0 bridgehead atoms. The average Bonchev–Trinajstić information content (AvgIpc) is 3.97. The van der Waals surface area contributed by atoms with Crippen molar-refractivity contribution in [1.82, 2.24) is 35.0 Å². The number of carbonyl (C=O) groups excluding carboxylic acids is 4. The van der Waals surface area contributed by atoms with E-state index in [-0.39, 0.29) is 74.7 Å². The zero-order chi connectivity index (χ0) is 44.5. The van der Waals surface area contributed by atoms with Crippen molar-refractivity contribution in [2.75, 3.05) is 20.1 Å². The number of alkyl halides is 2. The lowest BCUT2D eigenvalue weighted by Gasteiger charge is -2.36. The summed E-state index contributed by atoms with van der Waals surface area (Å²) >= 11 is 6.50. The Morgan fingerprint density at radius 1 is 0.967 bits per heavy atom. The number of likely N-dealkylation sites (tertiary alicyclic amines) is 2. The molecular weight excluding hydrogens is 807 g/mol. The number of nitrogens with one attached hydrogen (secondary N) is 3. The summed E-state index contributed by atoms with van der Waals surface area (Å²) in [5.41, 5.74) is 2.13. The molecule has 61 heavy (non-hydrogen) atoms. The van der Waals surface area contributed by atoms with E-state index in [0.717, 1.165) is 10.9 Å². The first-order chi connectivity index (χ1) is 28.8. The zero-order valence-corrected chi connectivity index (χ0v) is 37.3. The van der Waals surface area contributed by atoms with E-state index in [0.29, 0.717) is 52.4 Å². The highest BCUT2D eigenvalue weighted by Gasteiger charge is 2.44. The Morgan fingerprint density at radius 3 is 2.28 bits per heavy atom. The molecular formula is C46H61ClF3N7O4. The number of nitrogens with zero attached hydrogens (tertiary/aromatic N) is 4. The number of likely N-dealkylation sites (N-methyl/N-ethyl adjacent to an activating group) is 1. The summed E-state index contributed by atoms with van der Waals surface area (Å²) < 4.78 is 47.8. The maximum absolute atomic E-state index is 15.6. The fourth-order valence-corrected chi connectivity index (χ4v) is 9.11. The molecule has 0 saturated carbocycles. The Morgan fingerprint density at radius 2 is 1.64 bits per heavy atom. The van der Waals surface area contributed by atoms with E-state index < -0.39 is 53.7 Å². The Hall–Kier alpha value is -4.43. The summed E-state index contributed by atoms with van der Waals surface area (Å²) in [5.74, 6) is -2.01. The van der Waals surface area contributed by atoms with Crippen LogP contribution >= 0.6 is 11.6 Å². The van der Waals surface area contributed by atoms with Gasteiger partial charge < -0.3 is 30.0 Å². The van der Waals surface area contributed by atoms with Crippen LogP contribution in [0.1, 0.15) is 92.6 Å². The van der Waals surface area contributed by atoms with Crippen molar-refractivity contribution < 1.29 is 32.3 Å². The molecule has 2 aromatic carbocycles. The summed E-state index contributed by atoms with van der Waals surface area (Å²) in [6.45, 7) is 12.8. The fraction of sp³-hybridized carbons (Fsp3) is 0.587. The van der Waals surface area contributed by atoms with Crippen molar-refractivity contribution in [2.45, 2.75) is 136 Å². The molecule has 0 unspecified atom stereocenters. The number of Topliss-reactive ketones (excluding diaryl/α,β-unsaturated/α-hetero) is 1. The first kappa shape index (κ1) is 46.1. The summed E-state index contributed by atoms with van der Waals surface area (Å²) in [6.07, 6.45) is -0.447. The van der Waals surface area contributed by atoms with Gasteiger partial charge >= 0.3 is 0 Å². The third kappa shape index (κ3) is 9.95. The van der Waals surface area contributed by atoms with Crippen LogP contribution < -0.4 is 10.6 Å². The van der Waals surface area contributed by atoms with Gasteiger partial charge in [-0.3, -0.25) is 19.2 Å². The molecule has 15 heteroatoms. The van der Waals surface area contributed by atoms with Crippen molar-refractivity contribution in [1.29, 1.82) is 0 Å². The molecule has 11 nitrogen and oxygen atoms in total. The summed E-state index contributed by atoms with van der Waals surface area (Å²) in [7, 11) is 1.69. The number of imidazole rings is 1. The molecule has 2 saturated heterocycles. The van der Waals surface area contributed by atoms with Crippen LogP contribution in [0.2, 0.25) is 5.02 Å². The predicted octanol–water partition coefficient (Wildman–Crippen LogP) is 7.96. The number of aromatic amines is 1. The number of amides is 3. The van der Waals surface area contributed by atoms with Gasteiger partial charge in [0.2, 0.25) is 17.7 Å². The van der Waals surface area contributed by atoms with Crippen molar-refractivity contribution >= 4 is 57.0 Å². The molecule has 0 spiro atoms. The van der Waals surface area contributed by atoms with Gasteiger partial charge in [-0.2, -0.15) is 0 Å². The lowest BCUT2D eigenvalue weighted by Crippen LogP contribution is -2.57. The molecule has 0 radical (unpaired) electrons. The third-order valence-corrected chi connectivity index (χ3v) is 13.0. The highest BCUT2D eigenvalue weighted by molar-refractivity contribution is 6.31. The highest BCUT2D eigenvalue weighted by Crippen LogP contribution is 2.38. The van der Waals surface area contributed by atoms with Gasteiger partial charge in [0, 0.05) is 65.7 Å². The topological polar surface area (TPSA) is 132 Å². The Bertz CT molecular complexity index is 2250. The maximum Gasteiger partial charge on any atom is 0.246 e. The van der Waals surface area contributed by atoms with Gasteiger partial charge in [-0.15, -0.1) is 0 Å². The smallest absolute Gasteiger partial charge is 0.246 e. The second kappa shape index (κ2) is 18.9. The van der Waals surface area contributed by atoms with Crippen LogP contribution in [0.3, 0.4) is 0 Å². The fourth-order valence-electron chi connectivity index (χ4n) is 8.94. The van der Waals surface area contributed by atoms with Crippen molar-refractivity contribution in [3.05, 3.63) is 52.8 Å². The van der Waals surface area contributed by atoms with Gasteiger partial charge in [-0.1, -0.05) is 65.6 Å². The number of hydrogen-bond donors (Lipinski definition) is 3. The summed E-state index contributed by atoms with van der Waals surface area (Å²) in [4.78, 5) is 66.4. The number of rotatable bonds is 16. The average molecular weight is 868 g/mol. The molecule has 2 aromatic heterocycles. The minimum Gasteiger partial charge on any atom is -0.352 e. The summed E-state index contributed by atoms with van der Waals surface area (Å²) in [5, 5.41) is 7.15. The van der Waals surface area contributed by atoms with E-state index in [4.69, 9.17) is 16.6 Å². The van der Waals surface area contributed by atoms with Crippen LogP contribution in [0, 0.1) is 23.1 Å². The second-order valence-electron chi connectivity index (χ2n) is 18.3. The molecule has 8 atom stereocenters. The number of fused-ring (bicyclic) bond motifs is 2. The van der Waals surface area contributed by atoms with Gasteiger partial charge in [0.1, 0.15) is 30.0 Å². The van der Waals surface area contributed by atoms with Gasteiger partial charge in [-0.25, -0.2) is 18.2 Å². The summed E-state index contributed by atoms with van der Waals surface area (Å²) in [6, 6.07) is 7.06. The van der Waals surface area contributed by atoms with E-state index in [1.54, 1.807) is 44.0 Å². The van der Waals surface area contributed by atoms with Gasteiger partial charge in [0.15, 0.2) is 5.82 Å². The van der Waals surface area contributed by atoms with Gasteiger partial charge in [-0.05, 0) is 68.5 Å². The third-order valence-electron chi connectivity index (χ3n) is 12.7. The molecule has 332 valence electrons. The highest BCUT2D eigenvalue weighted by atomic mass is 35.5. The normalized spacial score (nSPS) is 21.6. The number of carbonyl (C=O) groups is 4. The minimum atomic E-state index is -1.32. The molecule has 3 N–H and O–H groups in total. The van der Waals surface area contributed by atoms with E-state index in [1.807, 2.05) is 45.3 Å². The molecule has 2 aliphatic rings. The second-order valence-corrected chi connectivity index (χ2v) is 18.7. The molecule has 4 heterocycles. The molecule has 2 aliphatic heterocycles. The first-order valence-electron chi connectivity index (χ1n) is 21.7. The van der Waals surface area contributed by atoms with Crippen LogP contribution in [0.4, 0.5) is 13.2 Å². The number of benzene rings is 2. The van der Waals surface area contributed by atoms with Gasteiger partial charge in [0.05, 0.1) is 41.9 Å². The quantitative estimate of drug-likeness (QED) is 0.105. The Kier molecular flexibility index (Phi) is 14.3. The molecule has 2 fully saturated rings. The number of halogens is 4. The molecule has 3 amide bonds. The van der Waals surface area contributed by atoms with Crippen LogP contribution in [-0.4, -0.2) is 104 Å². The Labute approximate surface area is 361 Å². The monoisotopic (exact) mass is 867 g/mol. The van der Waals surface area contributed by atoms with Crippen molar-refractivity contribution in [3.63, 3.8) is 0 Å². The van der Waals surface area contributed by atoms with Crippen molar-refractivity contribution in [2.24, 2.45) is 17.3 Å². The van der Waals surface area contributed by atoms with Gasteiger partial charge in [0.25, 0.3) is 0 Å². The minimum absolute atomic E-state index is 0.0307. The van der Waals surface area contributed by atoms with Crippen molar-refractivity contribution in [3.8, 4) is 11.5 Å². The largest absolute Gasteiger partial charge is 0.352 e. The molecule has 0 aliphatic carbocycles. The maximum atomic E-state index is 15.6. The van der Waals surface area contributed by atoms with E-state index in [9.17, 15) is 23.6 Å². The molecule has 4 aromatic rings. The van der Waals surface area contributed by atoms with Crippen LogP contribution in [0.25, 0.3) is 33.5 Å². The van der Waals surface area contributed by atoms with E-state index in [2.05, 4.69) is 15.6 Å². The van der Waals surface area contributed by atoms with Crippen LogP contribution in [0.5, 0.6) is 0 Å². The van der Waals surface area contributed by atoms with Crippen LogP contribution in [-0.2, 0) is 32.1 Å². The number of ketones is 1. The Balaban J connectivity index is 1.42. The standard InChI is InChI=1S/C46H61ClF3N7O4/c1-9-11-27(16-39(58)26(4)51-8)44(60)55-22-30(49)18-32(55)21-35-34-14-12-28(47)17-36(34)52-40(35)42-53-37-20-29(48)13-15-38(37)57(42)24-33-19-31(50)23-56(33)45(61)41(46(5,6)7)54-43(59)25(3)10-2/h12-15,17,20,25-27,30-33,41,51-52H,9-11,16,18-19,21-24H2,1-8H3,(H,54,59)/t25-,26+,27-,30+,31+,32+,33+,41-/m1/s1. The molecule has 6 rings (SSSR count). The predicted molar refractivity (Wildman–Crippen MR) is 233 cm³/mol. The number of H-pyrrole nitrogens is 1. The zero-order valence-electron chi connectivity index (χ0n) is 36.6. The SMILES string of the molecule is CCC[C@H](CC(=O)[C@H](C)NC)C(=O)N1C[C@@H](F)C[C@H]1Cc1c(-c2nc3cc(F)ccc3n2C[C@@H]2C[C@H](F)CN2C(=O)[C@@H](NC(=O)[C@H](C)CC)C(C)(C)C)[nH]c2cc(Cl)ccc12. The van der Waals surface area contributed by atoms with E-state index >= 15 is 8.78 Å². The first-order valence-corrected chi connectivity index (χ1v) is 22.1. The lowest BCUT2D eigenvalue weighted by molar-refractivity contribution is -0.141. The van der Waals surface area contributed by atoms with E-state index in [1.165, 1.54) is 17.0 Å².